The Kier molecular flexibility index (Phi) is 5.51. The van der Waals surface area contributed by atoms with E-state index in [4.69, 9.17) is 9.57 Å². The van der Waals surface area contributed by atoms with E-state index in [0.717, 1.165) is 19.4 Å². The molecular weight excluding hydrogens is 320 g/mol. The number of amides is 1. The van der Waals surface area contributed by atoms with Gasteiger partial charge in [0.2, 0.25) is 0 Å². The van der Waals surface area contributed by atoms with Crippen LogP contribution in [0.25, 0.3) is 0 Å². The highest BCUT2D eigenvalue weighted by atomic mass is 16.7. The van der Waals surface area contributed by atoms with Crippen molar-refractivity contribution >= 4 is 6.09 Å². The van der Waals surface area contributed by atoms with E-state index in [0.29, 0.717) is 0 Å². The molecule has 2 fully saturated rings. The third kappa shape index (κ3) is 4.07. The Morgan fingerprint density at radius 3 is 2.64 bits per heavy atom. The number of hydrogen-bond donors (Lipinski definition) is 0. The minimum atomic E-state index is -0.524. The summed E-state index contributed by atoms with van der Waals surface area (Å²) < 4.78 is 5.48. The summed E-state index contributed by atoms with van der Waals surface area (Å²) in [5.41, 5.74) is -0.524. The van der Waals surface area contributed by atoms with Gasteiger partial charge in [-0.1, -0.05) is 44.3 Å². The summed E-state index contributed by atoms with van der Waals surface area (Å²) in [5, 5.41) is 12.3. The zero-order chi connectivity index (χ0) is 18.0. The van der Waals surface area contributed by atoms with Crippen LogP contribution >= 0.6 is 0 Å². The summed E-state index contributed by atoms with van der Waals surface area (Å²) in [6, 6.07) is 0.186. The number of hydroxylamine groups is 2. The van der Waals surface area contributed by atoms with E-state index in [1.807, 2.05) is 20.8 Å². The van der Waals surface area contributed by atoms with Crippen LogP contribution in [0.3, 0.4) is 0 Å². The van der Waals surface area contributed by atoms with Crippen LogP contribution in [0.5, 0.6) is 0 Å². The monoisotopic (exact) mass is 352 g/mol. The lowest BCUT2D eigenvalue weighted by molar-refractivity contribution is -0.185. The molecule has 0 aromatic carbocycles. The van der Waals surface area contributed by atoms with Crippen LogP contribution in [-0.4, -0.2) is 52.5 Å². The van der Waals surface area contributed by atoms with Gasteiger partial charge in [-0.05, 0) is 27.2 Å². The molecule has 3 aliphatic rings. The summed E-state index contributed by atoms with van der Waals surface area (Å²) in [7, 11) is 0. The first-order valence-corrected chi connectivity index (χ1v) is 9.77. The zero-order valence-electron chi connectivity index (χ0n) is 16.0. The molecule has 2 aliphatic heterocycles. The molecule has 0 radical (unpaired) electrons. The van der Waals surface area contributed by atoms with Crippen LogP contribution in [0.2, 0.25) is 0 Å². The van der Waals surface area contributed by atoms with Crippen molar-refractivity contribution in [2.45, 2.75) is 102 Å². The quantitative estimate of drug-likeness (QED) is 0.647. The third-order valence-electron chi connectivity index (χ3n) is 5.11. The summed E-state index contributed by atoms with van der Waals surface area (Å²) >= 11 is 0. The number of carbonyl (C=O) groups is 1. The van der Waals surface area contributed by atoms with Crippen LogP contribution in [0.15, 0.2) is 10.3 Å². The maximum absolute atomic E-state index is 12.4. The molecule has 1 aliphatic carbocycles. The Morgan fingerprint density at radius 1 is 1.20 bits per heavy atom. The normalized spacial score (nSPS) is 30.2. The second kappa shape index (κ2) is 7.48. The highest BCUT2D eigenvalue weighted by Crippen LogP contribution is 2.43. The number of ether oxygens (including phenoxy) is 1. The Labute approximate surface area is 150 Å². The average Bonchev–Trinajstić information content (AvgIpc) is 3.20. The molecule has 0 spiro atoms. The molecule has 0 unspecified atom stereocenters. The second-order valence-corrected chi connectivity index (χ2v) is 8.37. The van der Waals surface area contributed by atoms with Gasteiger partial charge < -0.3 is 4.74 Å². The number of unbranched alkanes of at least 4 members (excludes halogenated alkanes) is 5. The van der Waals surface area contributed by atoms with Crippen molar-refractivity contribution in [1.29, 1.82) is 0 Å². The number of nitrogens with zero attached hydrogens (tertiary/aromatic N) is 4. The fraction of sp³-hybridized carbons (Fsp3) is 0.944. The second-order valence-electron chi connectivity index (χ2n) is 8.37. The fourth-order valence-corrected chi connectivity index (χ4v) is 3.96. The largest absolute Gasteiger partial charge is 0.442 e. The Bertz CT molecular complexity index is 505. The van der Waals surface area contributed by atoms with E-state index in [9.17, 15) is 4.79 Å². The Hall–Kier alpha value is -1.37. The molecule has 1 saturated heterocycles. The molecule has 0 N–H and O–H groups in total. The van der Waals surface area contributed by atoms with Crippen LogP contribution in [-0.2, 0) is 9.57 Å². The van der Waals surface area contributed by atoms with Crippen molar-refractivity contribution in [2.24, 2.45) is 10.3 Å². The van der Waals surface area contributed by atoms with Crippen molar-refractivity contribution in [2.75, 3.05) is 6.54 Å². The molecule has 0 aromatic heterocycles. The van der Waals surface area contributed by atoms with E-state index < -0.39 is 11.7 Å². The van der Waals surface area contributed by atoms with E-state index >= 15 is 0 Å². The molecule has 2 heterocycles. The summed E-state index contributed by atoms with van der Waals surface area (Å²) in [5.74, 6) is 0. The highest BCUT2D eigenvalue weighted by Gasteiger charge is 2.60. The lowest BCUT2D eigenvalue weighted by Crippen LogP contribution is -2.54. The summed E-state index contributed by atoms with van der Waals surface area (Å²) in [4.78, 5) is 18.2. The van der Waals surface area contributed by atoms with Gasteiger partial charge in [-0.2, -0.15) is 10.2 Å². The minimum absolute atomic E-state index is 0.0139. The van der Waals surface area contributed by atoms with E-state index in [-0.39, 0.29) is 24.2 Å². The van der Waals surface area contributed by atoms with Crippen LogP contribution < -0.4 is 0 Å². The molecule has 4 atom stereocenters. The lowest BCUT2D eigenvalue weighted by Gasteiger charge is -2.36. The number of carbonyl (C=O) groups excluding carboxylic acids is 1. The zero-order valence-corrected chi connectivity index (χ0v) is 16.0. The van der Waals surface area contributed by atoms with Gasteiger partial charge in [0.05, 0.1) is 12.1 Å². The van der Waals surface area contributed by atoms with Gasteiger partial charge in [0, 0.05) is 13.0 Å². The van der Waals surface area contributed by atoms with E-state index in [1.54, 1.807) is 0 Å². The number of rotatable bonds is 7. The van der Waals surface area contributed by atoms with Crippen LogP contribution in [0.1, 0.15) is 72.6 Å². The molecule has 2 bridgehead atoms. The topological polar surface area (TPSA) is 66.7 Å². The molecule has 3 rings (SSSR count). The van der Waals surface area contributed by atoms with Crippen molar-refractivity contribution in [3.63, 3.8) is 0 Å². The van der Waals surface area contributed by atoms with Gasteiger partial charge in [-0.3, -0.25) is 9.85 Å². The van der Waals surface area contributed by atoms with Gasteiger partial charge in [-0.25, -0.2) is 4.79 Å². The fourth-order valence-electron chi connectivity index (χ4n) is 3.96. The lowest BCUT2D eigenvalue weighted by atomic mass is 10.1. The Balaban J connectivity index is 1.51. The van der Waals surface area contributed by atoms with E-state index in [1.165, 1.54) is 37.2 Å². The van der Waals surface area contributed by atoms with Crippen LogP contribution in [0.4, 0.5) is 4.79 Å². The first-order chi connectivity index (χ1) is 11.9. The SMILES string of the molecule is CCCCCCCCN1N=N[C@H]2[C@@H]1[C@H]1C[C@@H]2ON1C(=O)OC(C)(C)C. The molecule has 142 valence electrons. The highest BCUT2D eigenvalue weighted by molar-refractivity contribution is 5.68. The van der Waals surface area contributed by atoms with Gasteiger partial charge in [0.1, 0.15) is 17.7 Å². The standard InChI is InChI=1S/C18H32N4O3/c1-5-6-7-8-9-10-11-21-16-13-12-14(15(16)19-20-21)25-22(13)17(23)24-18(2,3)4/h13-16H,5-12H2,1-4H3/t13-,14+,15-,16+/m1/s1. The van der Waals surface area contributed by atoms with Gasteiger partial charge in [0.25, 0.3) is 0 Å². The molecule has 1 amide bonds. The number of fused-ring (bicyclic) bond motifs is 5. The van der Waals surface area contributed by atoms with Crippen molar-refractivity contribution in [3.05, 3.63) is 0 Å². The predicted octanol–water partition coefficient (Wildman–Crippen LogP) is 4.09. The predicted molar refractivity (Wildman–Crippen MR) is 93.9 cm³/mol. The van der Waals surface area contributed by atoms with Gasteiger partial charge >= 0.3 is 6.09 Å². The molecular formula is C18H32N4O3. The van der Waals surface area contributed by atoms with E-state index in [2.05, 4.69) is 22.3 Å². The van der Waals surface area contributed by atoms with Gasteiger partial charge in [-0.15, -0.1) is 0 Å². The smallest absolute Gasteiger partial charge is 0.434 e. The van der Waals surface area contributed by atoms with Crippen molar-refractivity contribution < 1.29 is 14.4 Å². The third-order valence-corrected chi connectivity index (χ3v) is 5.11. The first kappa shape index (κ1) is 18.4. The maximum Gasteiger partial charge on any atom is 0.434 e. The van der Waals surface area contributed by atoms with Crippen molar-refractivity contribution in [1.82, 2.24) is 10.1 Å². The molecule has 7 nitrogen and oxygen atoms in total. The Morgan fingerprint density at radius 2 is 1.92 bits per heavy atom. The first-order valence-electron chi connectivity index (χ1n) is 9.77. The molecule has 0 aromatic rings. The van der Waals surface area contributed by atoms with Crippen molar-refractivity contribution in [3.8, 4) is 0 Å². The van der Waals surface area contributed by atoms with Crippen LogP contribution in [0, 0.1) is 0 Å². The molecule has 7 heteroatoms. The summed E-state index contributed by atoms with van der Waals surface area (Å²) in [6.45, 7) is 8.74. The molecule has 1 saturated carbocycles. The van der Waals surface area contributed by atoms with Gasteiger partial charge in [0.15, 0.2) is 0 Å². The number of hydrogen-bond acceptors (Lipinski definition) is 6. The minimum Gasteiger partial charge on any atom is -0.442 e. The maximum atomic E-state index is 12.4. The average molecular weight is 352 g/mol. The molecule has 25 heavy (non-hydrogen) atoms. The summed E-state index contributed by atoms with van der Waals surface area (Å²) in [6.07, 6.45) is 7.90.